The predicted molar refractivity (Wildman–Crippen MR) is 125 cm³/mol. The van der Waals surface area contributed by atoms with E-state index >= 15 is 0 Å². The number of nitrogens with one attached hydrogen (secondary N) is 1. The number of piperidine rings is 2. The zero-order valence-electron chi connectivity index (χ0n) is 18.1. The fourth-order valence-corrected chi connectivity index (χ4v) is 4.54. The number of nitrogens with zero attached hydrogens (tertiary/aromatic N) is 4. The quantitative estimate of drug-likeness (QED) is 0.574. The zero-order chi connectivity index (χ0) is 19.2. The van der Waals surface area contributed by atoms with Gasteiger partial charge in [0.25, 0.3) is 0 Å². The number of methoxy groups -OCH3 is 1. The number of amides is 1. The summed E-state index contributed by atoms with van der Waals surface area (Å²) in [4.78, 5) is 29.0. The fraction of sp³-hybridized carbons (Fsp3) is 0.895. The van der Waals surface area contributed by atoms with E-state index in [9.17, 15) is 9.59 Å². The number of likely N-dealkylation sites (N-methyl/N-ethyl adjacent to an activating group) is 1. The van der Waals surface area contributed by atoms with Crippen LogP contribution < -0.4 is 5.32 Å². The Hall–Kier alpha value is -0.350. The lowest BCUT2D eigenvalue weighted by atomic mass is 9.95. The molecule has 0 aliphatic carbocycles. The highest BCUT2D eigenvalue weighted by Crippen LogP contribution is 2.22. The molecule has 0 aromatic carbocycles. The van der Waals surface area contributed by atoms with Crippen LogP contribution in [0.15, 0.2) is 0 Å². The number of halogens is 3. The van der Waals surface area contributed by atoms with Gasteiger partial charge < -0.3 is 15.0 Å². The van der Waals surface area contributed by atoms with E-state index in [0.29, 0.717) is 11.9 Å². The summed E-state index contributed by atoms with van der Waals surface area (Å²) in [5.41, 5.74) is 0. The van der Waals surface area contributed by atoms with Crippen molar-refractivity contribution in [1.82, 2.24) is 25.1 Å². The molecule has 1 amide bonds. The summed E-state index contributed by atoms with van der Waals surface area (Å²) < 4.78 is 4.73. The van der Waals surface area contributed by atoms with Gasteiger partial charge in [-0.3, -0.25) is 14.5 Å². The number of hydrogen-bond donors (Lipinski definition) is 1. The second-order valence-corrected chi connectivity index (χ2v) is 7.96. The topological polar surface area (TPSA) is 68.4 Å². The average molecular weight is 491 g/mol. The first-order chi connectivity index (χ1) is 13.1. The van der Waals surface area contributed by atoms with Crippen LogP contribution in [0.1, 0.15) is 25.7 Å². The van der Waals surface area contributed by atoms with Gasteiger partial charge in [0, 0.05) is 58.3 Å². The van der Waals surface area contributed by atoms with E-state index in [4.69, 9.17) is 4.74 Å². The van der Waals surface area contributed by atoms with Gasteiger partial charge in [-0.2, -0.15) is 0 Å². The highest BCUT2D eigenvalue weighted by atomic mass is 35.5. The third kappa shape index (κ3) is 7.97. The first-order valence-electron chi connectivity index (χ1n) is 10.3. The lowest BCUT2D eigenvalue weighted by Gasteiger charge is -2.43. The van der Waals surface area contributed by atoms with Crippen LogP contribution in [0.4, 0.5) is 0 Å². The molecule has 0 aromatic heterocycles. The first kappa shape index (κ1) is 29.7. The molecule has 0 spiro atoms. The number of carbonyl (C=O) groups is 2. The summed E-state index contributed by atoms with van der Waals surface area (Å²) in [5, 5.41) is 7.48. The molecule has 0 bridgehead atoms. The normalized spacial score (nSPS) is 21.9. The molecular weight excluding hydrogens is 453 g/mol. The van der Waals surface area contributed by atoms with Crippen molar-refractivity contribution in [3.63, 3.8) is 0 Å². The predicted octanol–water partition coefficient (Wildman–Crippen LogP) is 0.880. The molecule has 1 N–H and O–H groups in total. The maximum Gasteiger partial charge on any atom is 0.321 e. The van der Waals surface area contributed by atoms with Crippen molar-refractivity contribution in [3.05, 3.63) is 0 Å². The van der Waals surface area contributed by atoms with Crippen molar-refractivity contribution in [2.75, 3.05) is 73.1 Å². The van der Waals surface area contributed by atoms with Gasteiger partial charge in [0.2, 0.25) is 5.91 Å². The summed E-state index contributed by atoms with van der Waals surface area (Å²) in [6, 6.07) is 0.692. The molecule has 30 heavy (non-hydrogen) atoms. The Bertz CT molecular complexity index is 510. The Morgan fingerprint density at radius 2 is 1.50 bits per heavy atom. The maximum absolute atomic E-state index is 12.9. The Morgan fingerprint density at radius 3 is 2.03 bits per heavy atom. The Morgan fingerprint density at radius 1 is 0.933 bits per heavy atom. The number of rotatable bonds is 5. The number of esters is 1. The number of hydrazine groups is 1. The summed E-state index contributed by atoms with van der Waals surface area (Å²) in [6.45, 7) is 7.88. The molecular formula is C19H38Cl3N5O3. The van der Waals surface area contributed by atoms with Crippen LogP contribution in [0.5, 0.6) is 0 Å². The van der Waals surface area contributed by atoms with Gasteiger partial charge in [-0.15, -0.1) is 37.2 Å². The molecule has 0 unspecified atom stereocenters. The number of piperazine rings is 1. The smallest absolute Gasteiger partial charge is 0.321 e. The minimum absolute atomic E-state index is 0. The fourth-order valence-electron chi connectivity index (χ4n) is 4.54. The highest BCUT2D eigenvalue weighted by molar-refractivity contribution is 5.86. The molecule has 0 saturated carbocycles. The van der Waals surface area contributed by atoms with Gasteiger partial charge in [-0.1, -0.05) is 0 Å². The molecule has 3 saturated heterocycles. The summed E-state index contributed by atoms with van der Waals surface area (Å²) in [7, 11) is 3.31. The molecule has 11 heteroatoms. The van der Waals surface area contributed by atoms with E-state index < -0.39 is 0 Å². The van der Waals surface area contributed by atoms with Crippen molar-refractivity contribution in [1.29, 1.82) is 0 Å². The van der Waals surface area contributed by atoms with Gasteiger partial charge in [-0.25, -0.2) is 10.0 Å². The second-order valence-electron chi connectivity index (χ2n) is 7.96. The first-order valence-corrected chi connectivity index (χ1v) is 10.3. The molecule has 0 radical (unpaired) electrons. The molecule has 3 aliphatic heterocycles. The van der Waals surface area contributed by atoms with Crippen molar-refractivity contribution in [2.45, 2.75) is 31.7 Å². The van der Waals surface area contributed by atoms with Crippen LogP contribution in [0.25, 0.3) is 0 Å². The van der Waals surface area contributed by atoms with Gasteiger partial charge in [0.05, 0.1) is 7.11 Å². The number of carbonyl (C=O) groups excluding carboxylic acids is 2. The summed E-state index contributed by atoms with van der Waals surface area (Å²) in [6.07, 6.45) is 4.18. The van der Waals surface area contributed by atoms with E-state index in [-0.39, 0.29) is 55.7 Å². The van der Waals surface area contributed by atoms with Gasteiger partial charge in [0.1, 0.15) is 6.54 Å². The molecule has 0 aromatic rings. The van der Waals surface area contributed by atoms with Crippen molar-refractivity contribution < 1.29 is 14.3 Å². The third-order valence-electron chi connectivity index (χ3n) is 6.34. The number of hydrogen-bond acceptors (Lipinski definition) is 7. The van der Waals surface area contributed by atoms with Crippen molar-refractivity contribution in [2.24, 2.45) is 5.92 Å². The minimum Gasteiger partial charge on any atom is -0.468 e. The molecule has 3 heterocycles. The Kier molecular flexibility index (Phi) is 14.5. The molecule has 3 rings (SSSR count). The van der Waals surface area contributed by atoms with Crippen LogP contribution in [-0.4, -0.2) is 111 Å². The lowest BCUT2D eigenvalue weighted by molar-refractivity contribution is -0.150. The third-order valence-corrected chi connectivity index (χ3v) is 6.34. The number of ether oxygens (including phenoxy) is 1. The molecule has 0 atom stereocenters. The van der Waals surface area contributed by atoms with Gasteiger partial charge in [-0.05, 0) is 38.8 Å². The van der Waals surface area contributed by atoms with E-state index in [1.807, 2.05) is 12.1 Å². The van der Waals surface area contributed by atoms with Crippen molar-refractivity contribution in [3.8, 4) is 0 Å². The highest BCUT2D eigenvalue weighted by Gasteiger charge is 2.33. The van der Waals surface area contributed by atoms with Crippen LogP contribution in [0, 0.1) is 5.92 Å². The molecule has 3 aliphatic rings. The maximum atomic E-state index is 12.9. The SMILES string of the molecule is COC(=O)CN(C)N1CCC(C(=O)N2CCN(C3CCNCC3)CC2)CC1.Cl.Cl.Cl. The van der Waals surface area contributed by atoms with Crippen molar-refractivity contribution >= 4 is 49.1 Å². The monoisotopic (exact) mass is 489 g/mol. The largest absolute Gasteiger partial charge is 0.468 e. The summed E-state index contributed by atoms with van der Waals surface area (Å²) >= 11 is 0. The van der Waals surface area contributed by atoms with Crippen LogP contribution in [0.3, 0.4) is 0 Å². The van der Waals surface area contributed by atoms with E-state index in [0.717, 1.165) is 65.2 Å². The van der Waals surface area contributed by atoms with Crippen LogP contribution in [-0.2, 0) is 14.3 Å². The summed E-state index contributed by atoms with van der Waals surface area (Å²) in [5.74, 6) is 0.218. The second kappa shape index (κ2) is 14.7. The Labute approximate surface area is 199 Å². The van der Waals surface area contributed by atoms with Gasteiger partial charge in [0.15, 0.2) is 0 Å². The Balaban J connectivity index is 0.00000280. The van der Waals surface area contributed by atoms with Crippen LogP contribution >= 0.6 is 37.2 Å². The van der Waals surface area contributed by atoms with Gasteiger partial charge >= 0.3 is 5.97 Å². The minimum atomic E-state index is -0.234. The molecule has 178 valence electrons. The zero-order valence-corrected chi connectivity index (χ0v) is 20.5. The van der Waals surface area contributed by atoms with Crippen LogP contribution in [0.2, 0.25) is 0 Å². The lowest BCUT2D eigenvalue weighted by Crippen LogP contribution is -2.56. The van der Waals surface area contributed by atoms with E-state index in [1.165, 1.54) is 20.0 Å². The molecule has 8 nitrogen and oxygen atoms in total. The average Bonchev–Trinajstić information content (AvgIpc) is 2.74. The molecule has 3 fully saturated rings. The van der Waals surface area contributed by atoms with E-state index in [2.05, 4.69) is 20.1 Å². The standard InChI is InChI=1S/C19H35N5O3.3ClH/c1-21(15-18(25)27-2)24-9-5-16(6-10-24)19(26)23-13-11-22(12-14-23)17-3-7-20-8-4-17;;;/h16-17,20H,3-15H2,1-2H3;3*1H. The van der Waals surface area contributed by atoms with E-state index in [1.54, 1.807) is 0 Å².